The normalized spacial score (nSPS) is 15.0. The highest BCUT2D eigenvalue weighted by Gasteiger charge is 2.24. The molecule has 116 valence electrons. The summed E-state index contributed by atoms with van der Waals surface area (Å²) in [6.07, 6.45) is 1.76. The van der Waals surface area contributed by atoms with Crippen molar-refractivity contribution in [2.24, 2.45) is 5.92 Å². The van der Waals surface area contributed by atoms with Gasteiger partial charge in [-0.25, -0.2) is 8.42 Å². The van der Waals surface area contributed by atoms with Crippen LogP contribution in [-0.2, 0) is 21.2 Å². The average Bonchev–Trinajstić information content (AvgIpc) is 2.45. The van der Waals surface area contributed by atoms with Crippen LogP contribution < -0.4 is 9.62 Å². The van der Waals surface area contributed by atoms with Crippen molar-refractivity contribution in [3.63, 3.8) is 0 Å². The number of aryl methyl sites for hydroxylation is 1. The van der Waals surface area contributed by atoms with E-state index in [4.69, 9.17) is 0 Å². The van der Waals surface area contributed by atoms with Gasteiger partial charge < -0.3 is 4.90 Å². The first kappa shape index (κ1) is 15.8. The Balaban J connectivity index is 2.31. The largest absolute Gasteiger partial charge is 0.312 e. The molecule has 0 bridgehead atoms. The molecule has 21 heavy (non-hydrogen) atoms. The van der Waals surface area contributed by atoms with Gasteiger partial charge in [-0.05, 0) is 43.5 Å². The number of hydrogen-bond acceptors (Lipinski definition) is 3. The zero-order valence-electron chi connectivity index (χ0n) is 12.7. The molecule has 5 nitrogen and oxygen atoms in total. The van der Waals surface area contributed by atoms with E-state index >= 15 is 0 Å². The van der Waals surface area contributed by atoms with Gasteiger partial charge in [0.25, 0.3) is 0 Å². The number of nitrogens with one attached hydrogen (secondary N) is 1. The fourth-order valence-electron chi connectivity index (χ4n) is 2.45. The van der Waals surface area contributed by atoms with Gasteiger partial charge in [-0.1, -0.05) is 13.8 Å². The van der Waals surface area contributed by atoms with E-state index in [9.17, 15) is 13.2 Å². The summed E-state index contributed by atoms with van der Waals surface area (Å²) in [6.45, 7) is 6.11. The Morgan fingerprint density at radius 3 is 2.71 bits per heavy atom. The van der Waals surface area contributed by atoms with Crippen LogP contribution in [0, 0.1) is 5.92 Å². The van der Waals surface area contributed by atoms with Gasteiger partial charge in [-0.15, -0.1) is 0 Å². The minimum absolute atomic E-state index is 0.0437. The molecule has 1 amide bonds. The molecule has 0 saturated carbocycles. The van der Waals surface area contributed by atoms with Gasteiger partial charge in [0, 0.05) is 23.8 Å². The summed E-state index contributed by atoms with van der Waals surface area (Å²) in [5.41, 5.74) is 2.49. The quantitative estimate of drug-likeness (QED) is 0.928. The number of rotatable bonds is 4. The third-order valence-electron chi connectivity index (χ3n) is 3.61. The van der Waals surface area contributed by atoms with Crippen molar-refractivity contribution in [3.05, 3.63) is 23.8 Å². The minimum Gasteiger partial charge on any atom is -0.312 e. The molecular weight excluding hydrogens is 288 g/mol. The van der Waals surface area contributed by atoms with Crippen molar-refractivity contribution in [2.75, 3.05) is 21.9 Å². The minimum atomic E-state index is -3.27. The summed E-state index contributed by atoms with van der Waals surface area (Å²) in [7, 11) is -3.27. The van der Waals surface area contributed by atoms with E-state index in [1.165, 1.54) is 0 Å². The highest BCUT2D eigenvalue weighted by Crippen LogP contribution is 2.31. The zero-order chi connectivity index (χ0) is 15.6. The first-order valence-corrected chi connectivity index (χ1v) is 8.94. The molecule has 0 radical (unpaired) electrons. The van der Waals surface area contributed by atoms with Crippen molar-refractivity contribution >= 4 is 27.3 Å². The Kier molecular flexibility index (Phi) is 4.56. The molecule has 0 fully saturated rings. The number of carbonyl (C=O) groups excluding carboxylic acids is 1. The fraction of sp³-hybridized carbons (Fsp3) is 0.533. The second-order valence-corrected chi connectivity index (χ2v) is 7.61. The molecule has 0 atom stereocenters. The summed E-state index contributed by atoms with van der Waals surface area (Å²) in [4.78, 5) is 14.0. The lowest BCUT2D eigenvalue weighted by atomic mass is 9.99. The van der Waals surface area contributed by atoms with Crippen LogP contribution in [0.1, 0.15) is 32.8 Å². The first-order valence-electron chi connectivity index (χ1n) is 7.29. The molecule has 6 heteroatoms. The number of amides is 1. The molecule has 0 unspecified atom stereocenters. The predicted molar refractivity (Wildman–Crippen MR) is 85.0 cm³/mol. The van der Waals surface area contributed by atoms with E-state index in [0.29, 0.717) is 5.69 Å². The van der Waals surface area contributed by atoms with Crippen molar-refractivity contribution in [3.8, 4) is 0 Å². The van der Waals surface area contributed by atoms with Crippen LogP contribution in [0.15, 0.2) is 18.2 Å². The second kappa shape index (κ2) is 6.05. The molecular formula is C15H22N2O3S. The molecule has 2 rings (SSSR count). The van der Waals surface area contributed by atoms with Crippen molar-refractivity contribution in [2.45, 2.75) is 33.6 Å². The second-order valence-electron chi connectivity index (χ2n) is 5.60. The number of fused-ring (bicyclic) bond motifs is 1. The zero-order valence-corrected chi connectivity index (χ0v) is 13.5. The molecule has 0 saturated heterocycles. The van der Waals surface area contributed by atoms with Crippen LogP contribution in [-0.4, -0.2) is 26.6 Å². The van der Waals surface area contributed by atoms with Crippen LogP contribution in [0.5, 0.6) is 0 Å². The van der Waals surface area contributed by atoms with E-state index in [2.05, 4.69) is 4.72 Å². The standard InChI is InChI=1S/C15H22N2O3S/c1-4-21(19,20)16-13-7-8-14-12(10-13)6-5-9-17(14)15(18)11(2)3/h7-8,10-11,16H,4-6,9H2,1-3H3. The maximum absolute atomic E-state index is 12.2. The van der Waals surface area contributed by atoms with Gasteiger partial charge in [0.05, 0.1) is 5.75 Å². The average molecular weight is 310 g/mol. The van der Waals surface area contributed by atoms with E-state index in [-0.39, 0.29) is 17.6 Å². The number of benzene rings is 1. The number of nitrogens with zero attached hydrogens (tertiary/aromatic N) is 1. The number of sulfonamides is 1. The third-order valence-corrected chi connectivity index (χ3v) is 4.92. The molecule has 1 aliphatic heterocycles. The third kappa shape index (κ3) is 3.56. The highest BCUT2D eigenvalue weighted by molar-refractivity contribution is 7.92. The molecule has 1 N–H and O–H groups in total. The van der Waals surface area contributed by atoms with E-state index in [1.54, 1.807) is 13.0 Å². The maximum atomic E-state index is 12.2. The molecule has 0 aliphatic carbocycles. The molecule has 0 aromatic heterocycles. The Hall–Kier alpha value is -1.56. The van der Waals surface area contributed by atoms with Crippen LogP contribution >= 0.6 is 0 Å². The summed E-state index contributed by atoms with van der Waals surface area (Å²) in [5.74, 6) is 0.106. The van der Waals surface area contributed by atoms with Gasteiger partial charge in [0.2, 0.25) is 15.9 Å². The van der Waals surface area contributed by atoms with Crippen LogP contribution in [0.3, 0.4) is 0 Å². The molecule has 1 aromatic rings. The van der Waals surface area contributed by atoms with Crippen LogP contribution in [0.2, 0.25) is 0 Å². The van der Waals surface area contributed by atoms with Gasteiger partial charge in [0.15, 0.2) is 0 Å². The predicted octanol–water partition coefficient (Wildman–Crippen LogP) is 2.38. The SMILES string of the molecule is CCS(=O)(=O)Nc1ccc2c(c1)CCCN2C(=O)C(C)C. The van der Waals surface area contributed by atoms with Crippen molar-refractivity contribution in [1.82, 2.24) is 0 Å². The van der Waals surface area contributed by atoms with E-state index in [1.807, 2.05) is 30.9 Å². The summed E-state index contributed by atoms with van der Waals surface area (Å²) in [5, 5.41) is 0. The van der Waals surface area contributed by atoms with Gasteiger partial charge in [-0.2, -0.15) is 0 Å². The number of anilines is 2. The number of carbonyl (C=O) groups is 1. The summed E-state index contributed by atoms with van der Waals surface area (Å²) in [6, 6.07) is 5.39. The van der Waals surface area contributed by atoms with E-state index in [0.717, 1.165) is 30.6 Å². The lowest BCUT2D eigenvalue weighted by Gasteiger charge is -2.31. The topological polar surface area (TPSA) is 66.5 Å². The van der Waals surface area contributed by atoms with Crippen molar-refractivity contribution < 1.29 is 13.2 Å². The Morgan fingerprint density at radius 2 is 2.10 bits per heavy atom. The Labute approximate surface area is 126 Å². The highest BCUT2D eigenvalue weighted by atomic mass is 32.2. The smallest absolute Gasteiger partial charge is 0.232 e. The Bertz CT molecular complexity index is 638. The molecule has 1 aromatic carbocycles. The van der Waals surface area contributed by atoms with Crippen molar-refractivity contribution in [1.29, 1.82) is 0 Å². The van der Waals surface area contributed by atoms with Crippen LogP contribution in [0.25, 0.3) is 0 Å². The van der Waals surface area contributed by atoms with Gasteiger partial charge in [-0.3, -0.25) is 9.52 Å². The summed E-state index contributed by atoms with van der Waals surface area (Å²) >= 11 is 0. The molecule has 0 spiro atoms. The Morgan fingerprint density at radius 1 is 1.38 bits per heavy atom. The molecule has 1 aliphatic rings. The van der Waals surface area contributed by atoms with Crippen LogP contribution in [0.4, 0.5) is 11.4 Å². The number of hydrogen-bond donors (Lipinski definition) is 1. The van der Waals surface area contributed by atoms with Gasteiger partial charge >= 0.3 is 0 Å². The van der Waals surface area contributed by atoms with E-state index < -0.39 is 10.0 Å². The van der Waals surface area contributed by atoms with Gasteiger partial charge in [0.1, 0.15) is 0 Å². The monoisotopic (exact) mass is 310 g/mol. The molecule has 1 heterocycles. The lowest BCUT2D eigenvalue weighted by molar-refractivity contribution is -0.121. The fourth-order valence-corrected chi connectivity index (χ4v) is 3.08. The lowest BCUT2D eigenvalue weighted by Crippen LogP contribution is -2.38. The summed E-state index contributed by atoms with van der Waals surface area (Å²) < 4.78 is 25.8. The maximum Gasteiger partial charge on any atom is 0.232 e. The first-order chi connectivity index (χ1) is 9.84.